The molecule has 2 amide bonds. The Labute approximate surface area is 147 Å². The van der Waals surface area contributed by atoms with Crippen LogP contribution in [0.2, 0.25) is 0 Å². The number of nitrogens with one attached hydrogen (secondary N) is 1. The van der Waals surface area contributed by atoms with E-state index in [0.717, 1.165) is 0 Å². The van der Waals surface area contributed by atoms with E-state index in [1.165, 1.54) is 35.2 Å². The summed E-state index contributed by atoms with van der Waals surface area (Å²) < 4.78 is 42.9. The summed E-state index contributed by atoms with van der Waals surface area (Å²) in [6.45, 7) is 0.637. The number of cyclic esters (lactones) is 1. The minimum Gasteiger partial charge on any atom is -0.447 e. The van der Waals surface area contributed by atoms with Crippen LogP contribution < -0.4 is 10.2 Å². The van der Waals surface area contributed by atoms with E-state index in [-0.39, 0.29) is 23.4 Å². The average molecular weight is 364 g/mol. The van der Waals surface area contributed by atoms with E-state index in [9.17, 15) is 22.8 Å². The number of rotatable bonds is 4. The zero-order valence-corrected chi connectivity index (χ0v) is 13.5. The summed E-state index contributed by atoms with van der Waals surface area (Å²) >= 11 is 0. The SMILES string of the molecule is O=C(Nc1ccccc1CC(F)(F)F)c1cccc(N2CCOC2=O)c1. The number of carbonyl (C=O) groups excluding carboxylic acids is 2. The van der Waals surface area contributed by atoms with Gasteiger partial charge >= 0.3 is 12.3 Å². The molecule has 2 aromatic carbocycles. The molecule has 0 atom stereocenters. The Bertz CT molecular complexity index is 836. The first-order valence-electron chi connectivity index (χ1n) is 7.84. The van der Waals surface area contributed by atoms with Crippen LogP contribution in [0.4, 0.5) is 29.3 Å². The van der Waals surface area contributed by atoms with Crippen molar-refractivity contribution in [1.82, 2.24) is 0 Å². The van der Waals surface area contributed by atoms with E-state index >= 15 is 0 Å². The Morgan fingerprint density at radius 2 is 1.92 bits per heavy atom. The van der Waals surface area contributed by atoms with Crippen LogP contribution >= 0.6 is 0 Å². The quantitative estimate of drug-likeness (QED) is 0.892. The van der Waals surface area contributed by atoms with Gasteiger partial charge in [-0.05, 0) is 29.8 Å². The summed E-state index contributed by atoms with van der Waals surface area (Å²) in [5.41, 5.74) is 0.793. The first-order valence-corrected chi connectivity index (χ1v) is 7.84. The van der Waals surface area contributed by atoms with E-state index in [4.69, 9.17) is 4.74 Å². The lowest BCUT2D eigenvalue weighted by atomic mass is 10.1. The third-order valence-electron chi connectivity index (χ3n) is 3.84. The van der Waals surface area contributed by atoms with Gasteiger partial charge in [-0.15, -0.1) is 0 Å². The van der Waals surface area contributed by atoms with Crippen molar-refractivity contribution >= 4 is 23.4 Å². The van der Waals surface area contributed by atoms with Crippen LogP contribution in [0, 0.1) is 0 Å². The summed E-state index contributed by atoms with van der Waals surface area (Å²) in [6.07, 6.45) is -6.02. The van der Waals surface area contributed by atoms with E-state index in [1.54, 1.807) is 18.2 Å². The molecule has 0 unspecified atom stereocenters. The molecule has 1 N–H and O–H groups in total. The van der Waals surface area contributed by atoms with Crippen LogP contribution in [0.15, 0.2) is 48.5 Å². The number of ether oxygens (including phenoxy) is 1. The molecule has 1 saturated heterocycles. The maximum atomic E-state index is 12.7. The number of carbonyl (C=O) groups is 2. The average Bonchev–Trinajstić information content (AvgIpc) is 3.01. The molecule has 8 heteroatoms. The van der Waals surface area contributed by atoms with Crippen molar-refractivity contribution in [2.75, 3.05) is 23.4 Å². The highest BCUT2D eigenvalue weighted by molar-refractivity contribution is 6.05. The lowest BCUT2D eigenvalue weighted by molar-refractivity contribution is -0.127. The van der Waals surface area contributed by atoms with E-state index < -0.39 is 24.6 Å². The summed E-state index contributed by atoms with van der Waals surface area (Å²) in [5.74, 6) is -0.561. The minimum atomic E-state index is -4.38. The largest absolute Gasteiger partial charge is 0.447 e. The second kappa shape index (κ2) is 7.07. The molecule has 136 valence electrons. The molecular weight excluding hydrogens is 349 g/mol. The molecule has 3 rings (SSSR count). The highest BCUT2D eigenvalue weighted by Crippen LogP contribution is 2.27. The van der Waals surface area contributed by atoms with Gasteiger partial charge < -0.3 is 10.1 Å². The Kier molecular flexibility index (Phi) is 4.83. The number of hydrogen-bond acceptors (Lipinski definition) is 3. The number of para-hydroxylation sites is 1. The van der Waals surface area contributed by atoms with Crippen LogP contribution in [-0.2, 0) is 11.2 Å². The molecular formula is C18H15F3N2O3. The normalized spacial score (nSPS) is 14.3. The maximum Gasteiger partial charge on any atom is 0.414 e. The molecule has 1 aliphatic heterocycles. The second-order valence-electron chi connectivity index (χ2n) is 5.72. The van der Waals surface area contributed by atoms with Gasteiger partial charge in [-0.1, -0.05) is 24.3 Å². The number of halogens is 3. The highest BCUT2D eigenvalue weighted by atomic mass is 19.4. The summed E-state index contributed by atoms with van der Waals surface area (Å²) in [6, 6.07) is 12.0. The lowest BCUT2D eigenvalue weighted by Crippen LogP contribution is -2.24. The third-order valence-corrected chi connectivity index (χ3v) is 3.84. The van der Waals surface area contributed by atoms with Gasteiger partial charge in [-0.25, -0.2) is 4.79 Å². The standard InChI is InChI=1S/C18H15F3N2O3/c19-18(20,21)11-13-4-1-2-7-15(13)22-16(24)12-5-3-6-14(10-12)23-8-9-26-17(23)25/h1-7,10H,8-9,11H2,(H,22,24). The summed E-state index contributed by atoms with van der Waals surface area (Å²) in [5, 5.41) is 2.50. The Balaban J connectivity index is 1.80. The number of nitrogens with zero attached hydrogens (tertiary/aromatic N) is 1. The number of alkyl halides is 3. The van der Waals surface area contributed by atoms with Crippen LogP contribution in [0.25, 0.3) is 0 Å². The molecule has 1 fully saturated rings. The number of hydrogen-bond donors (Lipinski definition) is 1. The van der Waals surface area contributed by atoms with Crippen molar-refractivity contribution in [3.05, 3.63) is 59.7 Å². The first-order chi connectivity index (χ1) is 12.3. The van der Waals surface area contributed by atoms with Crippen LogP contribution in [-0.4, -0.2) is 31.3 Å². The molecule has 1 aliphatic rings. The van der Waals surface area contributed by atoms with Crippen molar-refractivity contribution in [3.8, 4) is 0 Å². The zero-order valence-electron chi connectivity index (χ0n) is 13.5. The topological polar surface area (TPSA) is 58.6 Å². The second-order valence-corrected chi connectivity index (χ2v) is 5.72. The molecule has 0 aromatic heterocycles. The predicted molar refractivity (Wildman–Crippen MR) is 89.3 cm³/mol. The van der Waals surface area contributed by atoms with Crippen molar-refractivity contribution < 1.29 is 27.5 Å². The lowest BCUT2D eigenvalue weighted by Gasteiger charge is -2.15. The van der Waals surface area contributed by atoms with Gasteiger partial charge in [0.2, 0.25) is 0 Å². The fourth-order valence-corrected chi connectivity index (χ4v) is 2.65. The van der Waals surface area contributed by atoms with E-state index in [2.05, 4.69) is 5.32 Å². The van der Waals surface area contributed by atoms with Gasteiger partial charge in [0.05, 0.1) is 13.0 Å². The molecule has 0 radical (unpaired) electrons. The smallest absolute Gasteiger partial charge is 0.414 e. The zero-order chi connectivity index (χ0) is 18.7. The van der Waals surface area contributed by atoms with Gasteiger partial charge in [0.1, 0.15) is 6.61 Å². The van der Waals surface area contributed by atoms with Crippen LogP contribution in [0.3, 0.4) is 0 Å². The Morgan fingerprint density at radius 3 is 2.62 bits per heavy atom. The van der Waals surface area contributed by atoms with Gasteiger partial charge in [0.15, 0.2) is 0 Å². The Hall–Kier alpha value is -3.03. The predicted octanol–water partition coefficient (Wildman–Crippen LogP) is 4.00. The third kappa shape index (κ3) is 4.14. The van der Waals surface area contributed by atoms with Gasteiger partial charge in [-0.2, -0.15) is 13.2 Å². The minimum absolute atomic E-state index is 0.0207. The molecule has 0 aliphatic carbocycles. The van der Waals surface area contributed by atoms with Crippen LogP contribution in [0.1, 0.15) is 15.9 Å². The van der Waals surface area contributed by atoms with Gasteiger partial charge in [-0.3, -0.25) is 9.69 Å². The highest BCUT2D eigenvalue weighted by Gasteiger charge is 2.29. The van der Waals surface area contributed by atoms with Crippen molar-refractivity contribution in [3.63, 3.8) is 0 Å². The van der Waals surface area contributed by atoms with Gasteiger partial charge in [0, 0.05) is 16.9 Å². The van der Waals surface area contributed by atoms with Crippen molar-refractivity contribution in [2.24, 2.45) is 0 Å². The number of amides is 2. The maximum absolute atomic E-state index is 12.7. The summed E-state index contributed by atoms with van der Waals surface area (Å²) in [7, 11) is 0. The van der Waals surface area contributed by atoms with Crippen molar-refractivity contribution in [2.45, 2.75) is 12.6 Å². The monoisotopic (exact) mass is 364 g/mol. The first kappa shape index (κ1) is 17.8. The number of anilines is 2. The fraction of sp³-hybridized carbons (Fsp3) is 0.222. The molecule has 5 nitrogen and oxygen atoms in total. The molecule has 2 aromatic rings. The van der Waals surface area contributed by atoms with E-state index in [0.29, 0.717) is 12.2 Å². The van der Waals surface area contributed by atoms with Gasteiger partial charge in [0.25, 0.3) is 5.91 Å². The number of benzene rings is 2. The molecule has 0 saturated carbocycles. The Morgan fingerprint density at radius 1 is 1.15 bits per heavy atom. The summed E-state index contributed by atoms with van der Waals surface area (Å²) in [4.78, 5) is 25.5. The molecule has 26 heavy (non-hydrogen) atoms. The molecule has 0 spiro atoms. The van der Waals surface area contributed by atoms with Crippen molar-refractivity contribution in [1.29, 1.82) is 0 Å². The van der Waals surface area contributed by atoms with E-state index in [1.807, 2.05) is 0 Å². The van der Waals surface area contributed by atoms with Crippen LogP contribution in [0.5, 0.6) is 0 Å². The fourth-order valence-electron chi connectivity index (χ4n) is 2.65. The molecule has 1 heterocycles. The molecule has 0 bridgehead atoms.